The molecular formula is C13H20O5. The number of ether oxygens (including phenoxy) is 2. The fourth-order valence-corrected chi connectivity index (χ4v) is 1.68. The molecule has 0 aromatic heterocycles. The van der Waals surface area contributed by atoms with Crippen molar-refractivity contribution in [2.45, 2.75) is 24.7 Å². The summed E-state index contributed by atoms with van der Waals surface area (Å²) in [6, 6.07) is 9.10. The lowest BCUT2D eigenvalue weighted by atomic mass is 9.99. The van der Waals surface area contributed by atoms with Crippen molar-refractivity contribution in [3.63, 3.8) is 0 Å². The first kappa shape index (κ1) is 15.1. The Balaban J connectivity index is 2.77. The van der Waals surface area contributed by atoms with Gasteiger partial charge in [0.25, 0.3) is 0 Å². The number of aliphatic hydroxyl groups is 3. The minimum atomic E-state index is -1.12. The van der Waals surface area contributed by atoms with Crippen LogP contribution in [0.1, 0.15) is 18.1 Å². The summed E-state index contributed by atoms with van der Waals surface area (Å²) < 4.78 is 10.2. The van der Waals surface area contributed by atoms with E-state index in [1.165, 1.54) is 7.11 Å². The molecule has 0 bridgehead atoms. The molecule has 0 heterocycles. The number of hydrogen-bond donors (Lipinski definition) is 3. The van der Waals surface area contributed by atoms with Gasteiger partial charge >= 0.3 is 0 Å². The monoisotopic (exact) mass is 256 g/mol. The maximum Gasteiger partial charge on any atom is 0.147 e. The van der Waals surface area contributed by atoms with Gasteiger partial charge in [0.15, 0.2) is 0 Å². The molecule has 3 atom stereocenters. The van der Waals surface area contributed by atoms with Crippen LogP contribution in [0.15, 0.2) is 30.3 Å². The molecule has 0 spiro atoms. The molecule has 102 valence electrons. The molecule has 1 aromatic carbocycles. The van der Waals surface area contributed by atoms with Crippen LogP contribution in [0.5, 0.6) is 0 Å². The predicted octanol–water partition coefficient (Wildman–Crippen LogP) is 0.452. The lowest BCUT2D eigenvalue weighted by Crippen LogP contribution is -2.34. The van der Waals surface area contributed by atoms with Crippen LogP contribution in [0.2, 0.25) is 0 Å². The molecule has 0 fully saturated rings. The van der Waals surface area contributed by atoms with Crippen molar-refractivity contribution in [3.8, 4) is 0 Å². The van der Waals surface area contributed by atoms with Gasteiger partial charge in [-0.15, -0.1) is 0 Å². The van der Waals surface area contributed by atoms with Gasteiger partial charge in [-0.05, 0) is 12.0 Å². The summed E-state index contributed by atoms with van der Waals surface area (Å²) in [5.74, 6) is 0. The second kappa shape index (κ2) is 8.18. The third kappa shape index (κ3) is 4.36. The van der Waals surface area contributed by atoms with Gasteiger partial charge in [0.05, 0.1) is 6.10 Å². The first-order valence-electron chi connectivity index (χ1n) is 5.83. The Morgan fingerprint density at radius 1 is 1.17 bits per heavy atom. The molecular weight excluding hydrogens is 236 g/mol. The maximum atomic E-state index is 10.0. The molecule has 0 radical (unpaired) electrons. The number of rotatable bonds is 8. The smallest absolute Gasteiger partial charge is 0.147 e. The molecule has 0 aliphatic rings. The second-order valence-electron chi connectivity index (χ2n) is 3.97. The highest BCUT2D eigenvalue weighted by molar-refractivity contribution is 5.19. The Labute approximate surface area is 107 Å². The van der Waals surface area contributed by atoms with Crippen LogP contribution >= 0.6 is 0 Å². The number of benzene rings is 1. The molecule has 0 amide bonds. The summed E-state index contributed by atoms with van der Waals surface area (Å²) in [6.07, 6.45) is -2.75. The van der Waals surface area contributed by atoms with Crippen molar-refractivity contribution in [2.24, 2.45) is 0 Å². The third-order valence-electron chi connectivity index (χ3n) is 2.62. The van der Waals surface area contributed by atoms with E-state index in [-0.39, 0.29) is 19.8 Å². The summed E-state index contributed by atoms with van der Waals surface area (Å²) in [6.45, 7) is -0.174. The zero-order valence-electron chi connectivity index (χ0n) is 10.4. The van der Waals surface area contributed by atoms with E-state index in [4.69, 9.17) is 14.6 Å². The van der Waals surface area contributed by atoms with Crippen LogP contribution in [-0.2, 0) is 9.47 Å². The summed E-state index contributed by atoms with van der Waals surface area (Å²) in [7, 11) is 1.48. The average molecular weight is 256 g/mol. The Hall–Kier alpha value is -0.980. The van der Waals surface area contributed by atoms with E-state index in [1.54, 1.807) is 12.1 Å². The van der Waals surface area contributed by atoms with Crippen LogP contribution in [0.4, 0.5) is 0 Å². The van der Waals surface area contributed by atoms with E-state index in [2.05, 4.69) is 0 Å². The summed E-state index contributed by atoms with van der Waals surface area (Å²) >= 11 is 0. The summed E-state index contributed by atoms with van der Waals surface area (Å²) in [5.41, 5.74) is 0.749. The molecule has 5 nitrogen and oxygen atoms in total. The first-order chi connectivity index (χ1) is 8.70. The molecule has 1 rings (SSSR count). The van der Waals surface area contributed by atoms with Gasteiger partial charge < -0.3 is 24.8 Å². The number of aliphatic hydroxyl groups excluding tert-OH is 3. The van der Waals surface area contributed by atoms with E-state index < -0.39 is 18.3 Å². The van der Waals surface area contributed by atoms with Gasteiger partial charge in [0.1, 0.15) is 19.0 Å². The van der Waals surface area contributed by atoms with Gasteiger partial charge in [-0.2, -0.15) is 0 Å². The standard InChI is InChI=1S/C13H20O5/c1-17-9-18-13(10-5-3-2-4-6-10)12(16)11(15)7-8-14/h2-6,11-16H,7-9H2,1H3/t11-,12+,13-/m1/s1. The van der Waals surface area contributed by atoms with Crippen LogP contribution in [0, 0.1) is 0 Å². The molecule has 0 saturated carbocycles. The van der Waals surface area contributed by atoms with Gasteiger partial charge in [-0.25, -0.2) is 0 Å². The average Bonchev–Trinajstić information content (AvgIpc) is 2.40. The molecule has 1 aromatic rings. The zero-order chi connectivity index (χ0) is 13.4. The van der Waals surface area contributed by atoms with Crippen molar-refractivity contribution in [3.05, 3.63) is 35.9 Å². The molecule has 0 saturated heterocycles. The lowest BCUT2D eigenvalue weighted by Gasteiger charge is -2.26. The fourth-order valence-electron chi connectivity index (χ4n) is 1.68. The van der Waals surface area contributed by atoms with E-state index >= 15 is 0 Å². The topological polar surface area (TPSA) is 79.2 Å². The van der Waals surface area contributed by atoms with Gasteiger partial charge in [-0.3, -0.25) is 0 Å². The summed E-state index contributed by atoms with van der Waals surface area (Å²) in [5, 5.41) is 28.5. The lowest BCUT2D eigenvalue weighted by molar-refractivity contribution is -0.142. The van der Waals surface area contributed by atoms with Crippen molar-refractivity contribution in [2.75, 3.05) is 20.5 Å². The van der Waals surface area contributed by atoms with Crippen molar-refractivity contribution < 1.29 is 24.8 Å². The van der Waals surface area contributed by atoms with E-state index in [0.29, 0.717) is 0 Å². The Kier molecular flexibility index (Phi) is 6.85. The number of hydrogen-bond acceptors (Lipinski definition) is 5. The van der Waals surface area contributed by atoms with Crippen LogP contribution < -0.4 is 0 Å². The van der Waals surface area contributed by atoms with Gasteiger partial charge in [0, 0.05) is 13.7 Å². The van der Waals surface area contributed by atoms with E-state index in [0.717, 1.165) is 5.56 Å². The highest BCUT2D eigenvalue weighted by atomic mass is 16.7. The highest BCUT2D eigenvalue weighted by Gasteiger charge is 2.28. The summed E-state index contributed by atoms with van der Waals surface area (Å²) in [4.78, 5) is 0. The van der Waals surface area contributed by atoms with Crippen LogP contribution in [-0.4, -0.2) is 48.0 Å². The van der Waals surface area contributed by atoms with Crippen molar-refractivity contribution >= 4 is 0 Å². The van der Waals surface area contributed by atoms with E-state index in [1.807, 2.05) is 18.2 Å². The van der Waals surface area contributed by atoms with Gasteiger partial charge in [-0.1, -0.05) is 30.3 Å². The number of methoxy groups -OCH3 is 1. The fraction of sp³-hybridized carbons (Fsp3) is 0.538. The minimum absolute atomic E-state index is 0.0163. The van der Waals surface area contributed by atoms with Crippen LogP contribution in [0.25, 0.3) is 0 Å². The Morgan fingerprint density at radius 3 is 2.39 bits per heavy atom. The Bertz CT molecular complexity index is 316. The molecule has 0 aliphatic carbocycles. The maximum absolute atomic E-state index is 10.0. The molecule has 5 heteroatoms. The minimum Gasteiger partial charge on any atom is -0.396 e. The molecule has 0 unspecified atom stereocenters. The highest BCUT2D eigenvalue weighted by Crippen LogP contribution is 2.24. The normalized spacial score (nSPS) is 16.2. The SMILES string of the molecule is COCO[C@H](c1ccccc1)[C@@H](O)[C@H](O)CCO. The molecule has 0 aliphatic heterocycles. The van der Waals surface area contributed by atoms with Crippen molar-refractivity contribution in [1.29, 1.82) is 0 Å². The molecule has 18 heavy (non-hydrogen) atoms. The zero-order valence-corrected chi connectivity index (χ0v) is 10.4. The third-order valence-corrected chi connectivity index (χ3v) is 2.62. The first-order valence-corrected chi connectivity index (χ1v) is 5.83. The largest absolute Gasteiger partial charge is 0.396 e. The van der Waals surface area contributed by atoms with E-state index in [9.17, 15) is 10.2 Å². The Morgan fingerprint density at radius 2 is 1.83 bits per heavy atom. The van der Waals surface area contributed by atoms with Crippen LogP contribution in [0.3, 0.4) is 0 Å². The second-order valence-corrected chi connectivity index (χ2v) is 3.97. The molecule has 3 N–H and O–H groups in total. The van der Waals surface area contributed by atoms with Crippen molar-refractivity contribution in [1.82, 2.24) is 0 Å². The van der Waals surface area contributed by atoms with Gasteiger partial charge in [0.2, 0.25) is 0 Å². The predicted molar refractivity (Wildman–Crippen MR) is 65.9 cm³/mol. The quantitative estimate of drug-likeness (QED) is 0.589.